The summed E-state index contributed by atoms with van der Waals surface area (Å²) in [6.45, 7) is 0.817. The van der Waals surface area contributed by atoms with Crippen LogP contribution in [0, 0.1) is 11.6 Å². The summed E-state index contributed by atoms with van der Waals surface area (Å²) in [4.78, 5) is 14.0. The monoisotopic (exact) mass is 514 g/mol. The number of alkyl halides is 2. The Balaban J connectivity index is 1.59. The Morgan fingerprint density at radius 3 is 2.54 bits per heavy atom. The number of rotatable bonds is 5. The number of anilines is 1. The third kappa shape index (κ3) is 5.10. The first-order valence-electron chi connectivity index (χ1n) is 10.8. The van der Waals surface area contributed by atoms with Crippen LogP contribution in [0.2, 0.25) is 0 Å². The largest absolute Gasteiger partial charge is 0.354 e. The topological polar surface area (TPSA) is 105 Å². The molecule has 1 fully saturated rings. The van der Waals surface area contributed by atoms with Crippen LogP contribution in [0.3, 0.4) is 0 Å². The van der Waals surface area contributed by atoms with Crippen LogP contribution in [0.4, 0.5) is 28.2 Å². The lowest BCUT2D eigenvalue weighted by Gasteiger charge is -2.24. The maximum absolute atomic E-state index is 14.6. The van der Waals surface area contributed by atoms with Gasteiger partial charge in [0.15, 0.2) is 11.4 Å². The van der Waals surface area contributed by atoms with Gasteiger partial charge >= 0.3 is 6.03 Å². The summed E-state index contributed by atoms with van der Waals surface area (Å²) in [7, 11) is -3.88. The Labute approximate surface area is 198 Å². The van der Waals surface area contributed by atoms with Gasteiger partial charge in [-0.15, -0.1) is 0 Å². The highest BCUT2D eigenvalue weighted by Crippen LogP contribution is 2.37. The third-order valence-corrected chi connectivity index (χ3v) is 7.26. The molecule has 0 spiro atoms. The molecule has 1 saturated heterocycles. The maximum atomic E-state index is 14.6. The molecular weight excluding hydrogens is 492 g/mol. The number of nitrogens with one attached hydrogen (secondary N) is 2. The van der Waals surface area contributed by atoms with Crippen LogP contribution in [0.15, 0.2) is 40.9 Å². The summed E-state index contributed by atoms with van der Waals surface area (Å²) in [5.41, 5.74) is -0.0970. The summed E-state index contributed by atoms with van der Waals surface area (Å²) in [5, 5.41) is 6.39. The minimum atomic E-state index is -3.88. The van der Waals surface area contributed by atoms with E-state index in [1.165, 1.54) is 31.2 Å². The molecule has 8 nitrogen and oxygen atoms in total. The molecule has 3 aromatic rings. The molecule has 0 saturated carbocycles. The Kier molecular flexibility index (Phi) is 6.73. The quantitative estimate of drug-likeness (QED) is 0.493. The predicted octanol–water partition coefficient (Wildman–Crippen LogP) is 4.34. The van der Waals surface area contributed by atoms with Gasteiger partial charge in [0.2, 0.25) is 10.0 Å². The van der Waals surface area contributed by atoms with Crippen molar-refractivity contribution in [1.82, 2.24) is 14.8 Å². The van der Waals surface area contributed by atoms with Gasteiger partial charge in [0.1, 0.15) is 11.6 Å². The van der Waals surface area contributed by atoms with Crippen molar-refractivity contribution in [3.8, 4) is 11.1 Å². The average molecular weight is 515 g/mol. The minimum Gasteiger partial charge on any atom is -0.354 e. The van der Waals surface area contributed by atoms with Crippen molar-refractivity contribution in [2.24, 2.45) is 0 Å². The number of carbonyl (C=O) groups is 1. The van der Waals surface area contributed by atoms with Crippen molar-refractivity contribution in [2.45, 2.75) is 31.7 Å². The first-order chi connectivity index (χ1) is 16.5. The lowest BCUT2D eigenvalue weighted by molar-refractivity contribution is -0.0339. The molecule has 188 valence electrons. The highest BCUT2D eigenvalue weighted by molar-refractivity contribution is 7.89. The summed E-state index contributed by atoms with van der Waals surface area (Å²) >= 11 is 0. The van der Waals surface area contributed by atoms with Gasteiger partial charge in [0.25, 0.3) is 5.92 Å². The second-order valence-corrected chi connectivity index (χ2v) is 10.1. The fraction of sp³-hybridized carbons (Fsp3) is 0.364. The van der Waals surface area contributed by atoms with Gasteiger partial charge in [-0.3, -0.25) is 5.32 Å². The van der Waals surface area contributed by atoms with E-state index in [4.69, 9.17) is 4.52 Å². The molecule has 0 bridgehead atoms. The van der Waals surface area contributed by atoms with E-state index in [1.54, 1.807) is 0 Å². The van der Waals surface area contributed by atoms with Crippen LogP contribution in [0.5, 0.6) is 0 Å². The molecule has 0 unspecified atom stereocenters. The van der Waals surface area contributed by atoms with Gasteiger partial charge in [-0.05, 0) is 31.5 Å². The van der Waals surface area contributed by atoms with Gasteiger partial charge in [0, 0.05) is 25.1 Å². The smallest absolute Gasteiger partial charge is 0.323 e. The molecule has 0 aliphatic carbocycles. The summed E-state index contributed by atoms with van der Waals surface area (Å²) in [6, 6.07) is 5.38. The highest BCUT2D eigenvalue weighted by Gasteiger charge is 2.44. The zero-order valence-electron chi connectivity index (χ0n) is 18.5. The van der Waals surface area contributed by atoms with Gasteiger partial charge in [-0.25, -0.2) is 35.5 Å². The van der Waals surface area contributed by atoms with E-state index in [0.29, 0.717) is 0 Å². The number of urea groups is 1. The van der Waals surface area contributed by atoms with Crippen LogP contribution >= 0.6 is 0 Å². The number of likely N-dealkylation sites (tertiary alicyclic amines) is 1. The van der Waals surface area contributed by atoms with E-state index >= 15 is 0 Å². The van der Waals surface area contributed by atoms with Crippen LogP contribution in [-0.2, 0) is 10.0 Å². The molecule has 2 heterocycles. The second-order valence-electron chi connectivity index (χ2n) is 8.10. The standard InChI is InChI=1S/C22H22F4N4O4S/c1-2-35(32,33)29-17-9-11-30(12-10-22(17,25)26)21(31)27-20-19-13(5-3-8-16(19)34-28-20)18-14(23)6-4-7-15(18)24/h3-8,17,29H,2,9-12H2,1H3,(H,27,28,31)/t17-/m1/s1. The molecule has 1 aliphatic heterocycles. The van der Waals surface area contributed by atoms with Crippen molar-refractivity contribution in [3.63, 3.8) is 0 Å². The molecule has 0 radical (unpaired) electrons. The Morgan fingerprint density at radius 1 is 1.17 bits per heavy atom. The maximum Gasteiger partial charge on any atom is 0.323 e. The van der Waals surface area contributed by atoms with Crippen LogP contribution in [0.25, 0.3) is 22.1 Å². The Bertz CT molecular complexity index is 1340. The molecule has 2 aromatic carbocycles. The van der Waals surface area contributed by atoms with Gasteiger partial charge < -0.3 is 9.42 Å². The van der Waals surface area contributed by atoms with E-state index in [1.807, 2.05) is 4.72 Å². The Hall–Kier alpha value is -3.19. The lowest BCUT2D eigenvalue weighted by atomic mass is 10.0. The first kappa shape index (κ1) is 24.9. The molecule has 35 heavy (non-hydrogen) atoms. The molecular formula is C22H22F4N4O4S. The number of halogens is 4. The van der Waals surface area contributed by atoms with Crippen molar-refractivity contribution >= 4 is 32.8 Å². The summed E-state index contributed by atoms with van der Waals surface area (Å²) < 4.78 is 88.8. The third-order valence-electron chi connectivity index (χ3n) is 5.86. The van der Waals surface area contributed by atoms with Crippen molar-refractivity contribution in [1.29, 1.82) is 0 Å². The van der Waals surface area contributed by atoms with E-state index in [2.05, 4.69) is 10.5 Å². The van der Waals surface area contributed by atoms with Crippen LogP contribution in [-0.4, -0.2) is 55.3 Å². The molecule has 1 aromatic heterocycles. The van der Waals surface area contributed by atoms with Crippen molar-refractivity contribution < 1.29 is 35.3 Å². The number of hydrogen-bond donors (Lipinski definition) is 2. The first-order valence-corrected chi connectivity index (χ1v) is 12.4. The number of nitrogens with zero attached hydrogens (tertiary/aromatic N) is 2. The van der Waals surface area contributed by atoms with Crippen LogP contribution in [0.1, 0.15) is 19.8 Å². The summed E-state index contributed by atoms with van der Waals surface area (Å²) in [5.74, 6) is -5.51. The van der Waals surface area contributed by atoms with Crippen molar-refractivity contribution in [2.75, 3.05) is 24.2 Å². The van der Waals surface area contributed by atoms with Gasteiger partial charge in [0.05, 0.1) is 22.7 Å². The number of fused-ring (bicyclic) bond motifs is 1. The number of hydrogen-bond acceptors (Lipinski definition) is 5. The molecule has 2 N–H and O–H groups in total. The lowest BCUT2D eigenvalue weighted by Crippen LogP contribution is -2.47. The molecule has 4 rings (SSSR count). The van der Waals surface area contributed by atoms with E-state index in [-0.39, 0.29) is 53.2 Å². The number of aromatic nitrogens is 1. The fourth-order valence-corrected chi connectivity index (χ4v) is 4.83. The molecule has 2 amide bonds. The number of carbonyl (C=O) groups excluding carboxylic acids is 1. The van der Waals surface area contributed by atoms with Gasteiger partial charge in [-0.2, -0.15) is 0 Å². The SMILES string of the molecule is CCS(=O)(=O)N[C@@H]1CCN(C(=O)Nc2noc3cccc(-c4c(F)cccc4F)c23)CCC1(F)F. The number of sulfonamides is 1. The van der Waals surface area contributed by atoms with Crippen LogP contribution < -0.4 is 10.0 Å². The van der Waals surface area contributed by atoms with Gasteiger partial charge in [-0.1, -0.05) is 23.4 Å². The molecule has 1 aliphatic rings. The molecule has 1 atom stereocenters. The zero-order valence-corrected chi connectivity index (χ0v) is 19.3. The normalized spacial score (nSPS) is 18.4. The van der Waals surface area contributed by atoms with E-state index in [0.717, 1.165) is 17.0 Å². The summed E-state index contributed by atoms with van der Waals surface area (Å²) in [6.07, 6.45) is -1.08. The minimum absolute atomic E-state index is 0.0890. The Morgan fingerprint density at radius 2 is 1.86 bits per heavy atom. The second kappa shape index (κ2) is 9.46. The average Bonchev–Trinajstić information content (AvgIpc) is 3.14. The highest BCUT2D eigenvalue weighted by atomic mass is 32.2. The predicted molar refractivity (Wildman–Crippen MR) is 121 cm³/mol. The number of benzene rings is 2. The van der Waals surface area contributed by atoms with E-state index in [9.17, 15) is 30.8 Å². The fourth-order valence-electron chi connectivity index (χ4n) is 3.94. The van der Waals surface area contributed by atoms with Crippen molar-refractivity contribution in [3.05, 3.63) is 48.0 Å². The molecule has 13 heteroatoms. The zero-order chi connectivity index (χ0) is 25.4. The number of amides is 2. The van der Waals surface area contributed by atoms with E-state index < -0.39 is 46.1 Å².